The van der Waals surface area contributed by atoms with Gasteiger partial charge >= 0.3 is 0 Å². The van der Waals surface area contributed by atoms with Gasteiger partial charge in [-0.25, -0.2) is 12.7 Å². The van der Waals surface area contributed by atoms with E-state index in [9.17, 15) is 8.42 Å². The molecule has 2 aliphatic heterocycles. The van der Waals surface area contributed by atoms with Crippen molar-refractivity contribution in [1.29, 1.82) is 0 Å². The summed E-state index contributed by atoms with van der Waals surface area (Å²) in [6, 6.07) is 11.8. The number of aryl methyl sites for hydroxylation is 1. The topological polar surface area (TPSA) is 55.8 Å². The fourth-order valence-electron chi connectivity index (χ4n) is 3.81. The zero-order chi connectivity index (χ0) is 18.9. The molecule has 2 aromatic carbocycles. The van der Waals surface area contributed by atoms with Gasteiger partial charge in [0.15, 0.2) is 0 Å². The average Bonchev–Trinajstić information content (AvgIpc) is 3.33. The van der Waals surface area contributed by atoms with Gasteiger partial charge < -0.3 is 9.47 Å². The Morgan fingerprint density at radius 2 is 1.81 bits per heavy atom. The number of ether oxygens (including phenoxy) is 2. The van der Waals surface area contributed by atoms with Crippen molar-refractivity contribution >= 4 is 10.0 Å². The van der Waals surface area contributed by atoms with Crippen molar-refractivity contribution in [2.45, 2.75) is 25.7 Å². The summed E-state index contributed by atoms with van der Waals surface area (Å²) >= 11 is 0. The third-order valence-electron chi connectivity index (χ3n) is 5.40. The summed E-state index contributed by atoms with van der Waals surface area (Å²) in [6.45, 7) is 1.83. The first-order valence-electron chi connectivity index (χ1n) is 9.46. The van der Waals surface area contributed by atoms with Gasteiger partial charge in [0, 0.05) is 43.1 Å². The second-order valence-corrected chi connectivity index (χ2v) is 9.34. The highest BCUT2D eigenvalue weighted by molar-refractivity contribution is 7.89. The van der Waals surface area contributed by atoms with Crippen LogP contribution in [-0.4, -0.2) is 45.3 Å². The molecule has 0 fully saturated rings. The molecule has 5 nitrogen and oxygen atoms in total. The number of benzene rings is 2. The van der Waals surface area contributed by atoms with E-state index in [1.54, 1.807) is 7.05 Å². The summed E-state index contributed by atoms with van der Waals surface area (Å²) in [5.41, 5.74) is 4.53. The quantitative estimate of drug-likeness (QED) is 0.733. The van der Waals surface area contributed by atoms with Gasteiger partial charge in [-0.1, -0.05) is 30.3 Å². The van der Waals surface area contributed by atoms with Crippen molar-refractivity contribution < 1.29 is 17.9 Å². The molecule has 0 saturated heterocycles. The van der Waals surface area contributed by atoms with E-state index < -0.39 is 10.0 Å². The molecule has 0 amide bonds. The molecule has 6 heteroatoms. The van der Waals surface area contributed by atoms with Crippen molar-refractivity contribution in [3.8, 4) is 11.5 Å². The van der Waals surface area contributed by atoms with E-state index in [2.05, 4.69) is 6.07 Å². The number of fused-ring (bicyclic) bond motifs is 2. The van der Waals surface area contributed by atoms with E-state index in [-0.39, 0.29) is 5.75 Å². The van der Waals surface area contributed by atoms with Crippen molar-refractivity contribution in [2.24, 2.45) is 0 Å². The first kappa shape index (κ1) is 18.3. The number of sulfonamides is 1. The molecule has 0 aromatic heterocycles. The lowest BCUT2D eigenvalue weighted by Gasteiger charge is -2.19. The summed E-state index contributed by atoms with van der Waals surface area (Å²) in [5, 5.41) is 0. The SMILES string of the molecule is CN(CCc1c2c(cc3c1OCC3)OCC2)S(=O)(=O)CCc1ccccc1. The maximum Gasteiger partial charge on any atom is 0.214 e. The lowest BCUT2D eigenvalue weighted by atomic mass is 9.97. The van der Waals surface area contributed by atoms with Crippen LogP contribution in [0.15, 0.2) is 36.4 Å². The summed E-state index contributed by atoms with van der Waals surface area (Å²) in [5.74, 6) is 2.02. The fourth-order valence-corrected chi connectivity index (χ4v) is 4.98. The minimum Gasteiger partial charge on any atom is -0.493 e. The van der Waals surface area contributed by atoms with E-state index in [1.807, 2.05) is 30.3 Å². The van der Waals surface area contributed by atoms with Gasteiger partial charge in [0.2, 0.25) is 10.0 Å². The first-order chi connectivity index (χ1) is 13.0. The second kappa shape index (κ2) is 7.52. The van der Waals surface area contributed by atoms with Gasteiger partial charge in [-0.05, 0) is 24.5 Å². The van der Waals surface area contributed by atoms with Crippen LogP contribution in [-0.2, 0) is 35.7 Å². The average molecular weight is 388 g/mol. The highest BCUT2D eigenvalue weighted by Crippen LogP contribution is 2.40. The Balaban J connectivity index is 1.44. The molecule has 2 aromatic rings. The van der Waals surface area contributed by atoms with Crippen LogP contribution in [0.1, 0.15) is 22.3 Å². The lowest BCUT2D eigenvalue weighted by Crippen LogP contribution is -2.32. The van der Waals surface area contributed by atoms with Crippen molar-refractivity contribution in [3.05, 3.63) is 58.7 Å². The number of hydrogen-bond acceptors (Lipinski definition) is 4. The van der Waals surface area contributed by atoms with Gasteiger partial charge in [0.05, 0.1) is 19.0 Å². The van der Waals surface area contributed by atoms with Crippen LogP contribution >= 0.6 is 0 Å². The summed E-state index contributed by atoms with van der Waals surface area (Å²) in [6.07, 6.45) is 2.94. The Labute approximate surface area is 161 Å². The summed E-state index contributed by atoms with van der Waals surface area (Å²) in [7, 11) is -1.63. The number of likely N-dealkylation sites (N-methyl/N-ethyl adjacent to an activating group) is 1. The van der Waals surface area contributed by atoms with Gasteiger partial charge in [-0.2, -0.15) is 0 Å². The molecule has 0 N–H and O–H groups in total. The molecule has 144 valence electrons. The Bertz CT molecular complexity index is 893. The Morgan fingerprint density at radius 3 is 2.63 bits per heavy atom. The van der Waals surface area contributed by atoms with Crippen molar-refractivity contribution in [1.82, 2.24) is 4.31 Å². The maximum absolute atomic E-state index is 12.7. The third-order valence-corrected chi connectivity index (χ3v) is 7.26. The van der Waals surface area contributed by atoms with E-state index in [4.69, 9.17) is 9.47 Å². The molecule has 4 rings (SSSR count). The minimum absolute atomic E-state index is 0.123. The molecule has 0 radical (unpaired) electrons. The van der Waals surface area contributed by atoms with Crippen LogP contribution in [0.5, 0.6) is 11.5 Å². The van der Waals surface area contributed by atoms with Crippen LogP contribution in [0, 0.1) is 0 Å². The molecule has 0 unspecified atom stereocenters. The molecule has 0 saturated carbocycles. The Kier molecular flexibility index (Phi) is 5.10. The number of rotatable bonds is 7. The van der Waals surface area contributed by atoms with Gasteiger partial charge in [-0.3, -0.25) is 0 Å². The molecule has 0 bridgehead atoms. The summed E-state index contributed by atoms with van der Waals surface area (Å²) in [4.78, 5) is 0. The predicted molar refractivity (Wildman–Crippen MR) is 105 cm³/mol. The standard InChI is InChI=1S/C21H25NO4S/c1-22(27(23,24)14-10-16-5-3-2-4-6-16)11-7-19-18-9-13-25-20(18)15-17-8-12-26-21(17)19/h2-6,15H,7-14H2,1H3. The van der Waals surface area contributed by atoms with Crippen LogP contribution in [0.4, 0.5) is 0 Å². The van der Waals surface area contributed by atoms with E-state index in [1.165, 1.54) is 15.4 Å². The first-order valence-corrected chi connectivity index (χ1v) is 11.1. The number of nitrogens with zero attached hydrogens (tertiary/aromatic N) is 1. The summed E-state index contributed by atoms with van der Waals surface area (Å²) < 4.78 is 38.4. The number of hydrogen-bond donors (Lipinski definition) is 0. The van der Waals surface area contributed by atoms with Gasteiger partial charge in [0.1, 0.15) is 11.5 Å². The van der Waals surface area contributed by atoms with E-state index in [0.29, 0.717) is 32.6 Å². The maximum atomic E-state index is 12.7. The van der Waals surface area contributed by atoms with Crippen LogP contribution in [0.2, 0.25) is 0 Å². The largest absolute Gasteiger partial charge is 0.493 e. The van der Waals surface area contributed by atoms with Crippen LogP contribution in [0.25, 0.3) is 0 Å². The molecule has 27 heavy (non-hydrogen) atoms. The third kappa shape index (κ3) is 3.82. The molecule has 2 heterocycles. The smallest absolute Gasteiger partial charge is 0.214 e. The molecule has 2 aliphatic rings. The Morgan fingerprint density at radius 1 is 1.04 bits per heavy atom. The molecule has 0 atom stereocenters. The minimum atomic E-state index is -3.30. The van der Waals surface area contributed by atoms with Gasteiger partial charge in [-0.15, -0.1) is 0 Å². The fraction of sp³-hybridized carbons (Fsp3) is 0.429. The van der Waals surface area contributed by atoms with E-state index >= 15 is 0 Å². The van der Waals surface area contributed by atoms with Crippen LogP contribution in [0.3, 0.4) is 0 Å². The highest BCUT2D eigenvalue weighted by atomic mass is 32.2. The predicted octanol–water partition coefficient (Wildman–Crippen LogP) is 2.60. The lowest BCUT2D eigenvalue weighted by molar-refractivity contribution is 0.351. The molecule has 0 aliphatic carbocycles. The zero-order valence-electron chi connectivity index (χ0n) is 15.6. The second-order valence-electron chi connectivity index (χ2n) is 7.14. The monoisotopic (exact) mass is 387 g/mol. The Hall–Kier alpha value is -2.05. The normalized spacial score (nSPS) is 15.3. The zero-order valence-corrected chi connectivity index (χ0v) is 16.4. The van der Waals surface area contributed by atoms with Crippen LogP contribution < -0.4 is 9.47 Å². The van der Waals surface area contributed by atoms with Gasteiger partial charge in [0.25, 0.3) is 0 Å². The molecular weight excluding hydrogens is 362 g/mol. The highest BCUT2D eigenvalue weighted by Gasteiger charge is 2.27. The van der Waals surface area contributed by atoms with Crippen molar-refractivity contribution in [3.63, 3.8) is 0 Å². The molecule has 0 spiro atoms. The van der Waals surface area contributed by atoms with Crippen molar-refractivity contribution in [2.75, 3.05) is 32.6 Å². The van der Waals surface area contributed by atoms with E-state index in [0.717, 1.165) is 35.5 Å². The molecular formula is C21H25NO4S.